The molecule has 2 heterocycles. The zero-order chi connectivity index (χ0) is 23.4. The minimum atomic E-state index is -3.72. The summed E-state index contributed by atoms with van der Waals surface area (Å²) in [4.78, 5) is 2.37. The van der Waals surface area contributed by atoms with Crippen LogP contribution in [0.25, 0.3) is 21.7 Å². The Kier molecular flexibility index (Phi) is 5.98. The third-order valence-electron chi connectivity index (χ3n) is 5.92. The maximum Gasteiger partial charge on any atom is 0.255 e. The molecule has 0 amide bonds. The second kappa shape index (κ2) is 8.32. The van der Waals surface area contributed by atoms with E-state index in [-0.39, 0.29) is 12.0 Å². The zero-order valence-corrected chi connectivity index (χ0v) is 20.3. The molecule has 0 saturated heterocycles. The summed E-state index contributed by atoms with van der Waals surface area (Å²) in [6, 6.07) is 11.0. The molecule has 168 valence electrons. The molecule has 1 aromatic heterocycles. The summed E-state index contributed by atoms with van der Waals surface area (Å²) in [7, 11) is 0.607. The van der Waals surface area contributed by atoms with Crippen LogP contribution in [0.1, 0.15) is 17.2 Å². The molecule has 9 heteroatoms. The summed E-state index contributed by atoms with van der Waals surface area (Å²) in [5.41, 5.74) is 5.03. The standard InChI is InChI=1S/C22H19Cl2N2.CH4O4S/c1-12-8-16-15-10-13(23)4-6-18(15)26(3)22-17-11-14(24)5-7-19(17)25(2)20(9-12)21(16)22;1-6(3,4)5-2/h4-11,17,19H,1-3H3;2H,1H3/q+1;/p-1. The van der Waals surface area contributed by atoms with Gasteiger partial charge in [0.15, 0.2) is 0 Å². The first kappa shape index (κ1) is 23.0. The monoisotopic (exact) mass is 492 g/mol. The van der Waals surface area contributed by atoms with Gasteiger partial charge in [-0.3, -0.25) is 0 Å². The molecule has 0 saturated carbocycles. The normalized spacial score (nSPS) is 19.5. The van der Waals surface area contributed by atoms with E-state index in [9.17, 15) is 8.42 Å². The molecule has 32 heavy (non-hydrogen) atoms. The van der Waals surface area contributed by atoms with Gasteiger partial charge in [0.05, 0.1) is 34.7 Å². The van der Waals surface area contributed by atoms with Crippen molar-refractivity contribution in [1.82, 2.24) is 0 Å². The number of rotatable bonds is 1. The van der Waals surface area contributed by atoms with E-state index in [0.717, 1.165) is 10.1 Å². The van der Waals surface area contributed by atoms with Crippen molar-refractivity contribution in [3.05, 3.63) is 69.9 Å². The number of likely N-dealkylation sites (N-methyl/N-ethyl adjacent to an activating group) is 1. The van der Waals surface area contributed by atoms with Gasteiger partial charge in [-0.2, -0.15) is 4.57 Å². The fourth-order valence-corrected chi connectivity index (χ4v) is 5.02. The predicted molar refractivity (Wildman–Crippen MR) is 126 cm³/mol. The molecule has 2 aliphatic rings. The number of halogens is 2. The third kappa shape index (κ3) is 4.00. The molecule has 0 spiro atoms. The summed E-state index contributed by atoms with van der Waals surface area (Å²) in [5.74, 6) is 0.222. The molecule has 0 radical (unpaired) electrons. The van der Waals surface area contributed by atoms with Crippen molar-refractivity contribution in [2.75, 3.05) is 18.2 Å². The Labute approximate surface area is 197 Å². The fraction of sp³-hybridized carbons (Fsp3) is 0.261. The van der Waals surface area contributed by atoms with Crippen LogP contribution in [-0.2, 0) is 21.5 Å². The lowest BCUT2D eigenvalue weighted by molar-refractivity contribution is -0.652. The Bertz CT molecular complexity index is 1420. The molecule has 6 nitrogen and oxygen atoms in total. The number of hydrogen-bond acceptors (Lipinski definition) is 5. The van der Waals surface area contributed by atoms with Crippen molar-refractivity contribution in [3.8, 4) is 0 Å². The van der Waals surface area contributed by atoms with Gasteiger partial charge in [0.2, 0.25) is 11.2 Å². The number of aryl methyl sites for hydroxylation is 2. The first-order valence-electron chi connectivity index (χ1n) is 9.87. The van der Waals surface area contributed by atoms with Gasteiger partial charge in [-0.25, -0.2) is 8.42 Å². The average Bonchev–Trinajstić information content (AvgIpc) is 2.73. The highest BCUT2D eigenvalue weighted by Crippen LogP contribution is 2.45. The van der Waals surface area contributed by atoms with Crippen molar-refractivity contribution >= 4 is 60.7 Å². The van der Waals surface area contributed by atoms with Gasteiger partial charge in [0.25, 0.3) is 10.1 Å². The SMILES string of the molecule is CS(=O)(=O)O[O-].Cc1cc2c3c([n+](C)c4ccc(Cl)cc4c3c1)C1C=C(Cl)C=CC1N2C. The number of benzene rings is 2. The van der Waals surface area contributed by atoms with E-state index in [1.165, 1.54) is 38.6 Å². The number of nitrogens with zero attached hydrogens (tertiary/aromatic N) is 2. The van der Waals surface area contributed by atoms with E-state index < -0.39 is 10.1 Å². The first-order chi connectivity index (χ1) is 15.0. The van der Waals surface area contributed by atoms with Crippen LogP contribution in [0.5, 0.6) is 0 Å². The quantitative estimate of drug-likeness (QED) is 0.224. The molecule has 0 fully saturated rings. The van der Waals surface area contributed by atoms with Gasteiger partial charge in [0, 0.05) is 28.6 Å². The van der Waals surface area contributed by atoms with Gasteiger partial charge in [-0.15, -0.1) is 0 Å². The van der Waals surface area contributed by atoms with Crippen LogP contribution >= 0.6 is 23.2 Å². The number of fused-ring (bicyclic) bond motifs is 4. The van der Waals surface area contributed by atoms with Gasteiger partial charge in [-0.1, -0.05) is 35.3 Å². The third-order valence-corrected chi connectivity index (χ3v) is 6.65. The minimum absolute atomic E-state index is 0.222. The predicted octanol–water partition coefficient (Wildman–Crippen LogP) is 3.61. The lowest BCUT2D eigenvalue weighted by Gasteiger charge is -2.39. The topological polar surface area (TPSA) is 73.5 Å². The Balaban J connectivity index is 0.000000363. The molecule has 2 unspecified atom stereocenters. The number of anilines is 1. The number of hydrogen-bond donors (Lipinski definition) is 0. The highest BCUT2D eigenvalue weighted by Gasteiger charge is 2.40. The molecular weight excluding hydrogens is 471 g/mol. The lowest BCUT2D eigenvalue weighted by Crippen LogP contribution is -2.46. The van der Waals surface area contributed by atoms with Crippen LogP contribution in [-0.4, -0.2) is 27.8 Å². The van der Waals surface area contributed by atoms with Crippen molar-refractivity contribution < 1.29 is 22.6 Å². The smallest absolute Gasteiger partial charge is 0.255 e. The molecule has 1 aliphatic heterocycles. The Hall–Kier alpha value is -2.16. The summed E-state index contributed by atoms with van der Waals surface area (Å²) in [6.07, 6.45) is 7.09. The number of allylic oxidation sites excluding steroid dienone is 2. The average molecular weight is 493 g/mol. The van der Waals surface area contributed by atoms with E-state index in [1.54, 1.807) is 0 Å². The summed E-state index contributed by atoms with van der Waals surface area (Å²) < 4.78 is 23.9. The van der Waals surface area contributed by atoms with E-state index in [0.29, 0.717) is 6.26 Å². The largest absolute Gasteiger partial charge is 0.707 e. The van der Waals surface area contributed by atoms with Crippen molar-refractivity contribution in [1.29, 1.82) is 0 Å². The summed E-state index contributed by atoms with van der Waals surface area (Å²) in [6.45, 7) is 2.16. The molecule has 2 aromatic carbocycles. The van der Waals surface area contributed by atoms with Crippen molar-refractivity contribution in [2.24, 2.45) is 7.05 Å². The molecule has 2 atom stereocenters. The maximum atomic E-state index is 9.47. The number of pyridine rings is 1. The van der Waals surface area contributed by atoms with Crippen LogP contribution in [0.2, 0.25) is 5.02 Å². The van der Waals surface area contributed by atoms with E-state index in [1.807, 2.05) is 12.1 Å². The van der Waals surface area contributed by atoms with Gasteiger partial charge in [0.1, 0.15) is 7.05 Å². The summed E-state index contributed by atoms with van der Waals surface area (Å²) >= 11 is 12.7. The van der Waals surface area contributed by atoms with Crippen molar-refractivity contribution in [2.45, 2.75) is 18.9 Å². The molecular formula is C23H22Cl2N2O4S. The van der Waals surface area contributed by atoms with Crippen LogP contribution in [0.15, 0.2) is 53.6 Å². The molecule has 0 bridgehead atoms. The van der Waals surface area contributed by atoms with E-state index in [2.05, 4.69) is 71.2 Å². The Morgan fingerprint density at radius 1 is 1.16 bits per heavy atom. The van der Waals surface area contributed by atoms with Gasteiger partial charge in [-0.05, 0) is 42.8 Å². The molecule has 5 rings (SSSR count). The minimum Gasteiger partial charge on any atom is -0.707 e. The Morgan fingerprint density at radius 3 is 2.50 bits per heavy atom. The highest BCUT2D eigenvalue weighted by atomic mass is 35.5. The number of aromatic nitrogens is 1. The second-order valence-corrected chi connectivity index (χ2v) is 10.5. The first-order valence-corrected chi connectivity index (χ1v) is 12.4. The molecule has 1 aliphatic carbocycles. The van der Waals surface area contributed by atoms with E-state index >= 15 is 0 Å². The highest BCUT2D eigenvalue weighted by molar-refractivity contribution is 7.85. The van der Waals surface area contributed by atoms with Crippen LogP contribution in [0.4, 0.5) is 5.69 Å². The van der Waals surface area contributed by atoms with Gasteiger partial charge >= 0.3 is 0 Å². The summed E-state index contributed by atoms with van der Waals surface area (Å²) in [5, 5.41) is 14.2. The Morgan fingerprint density at radius 2 is 1.84 bits per heavy atom. The maximum absolute atomic E-state index is 9.47. The fourth-order valence-electron chi connectivity index (χ4n) is 4.64. The van der Waals surface area contributed by atoms with Gasteiger partial charge < -0.3 is 14.5 Å². The van der Waals surface area contributed by atoms with Crippen LogP contribution in [0.3, 0.4) is 0 Å². The molecule has 3 aromatic rings. The molecule has 0 N–H and O–H groups in total. The second-order valence-electron chi connectivity index (χ2n) is 8.12. The zero-order valence-electron chi connectivity index (χ0n) is 18.0. The van der Waals surface area contributed by atoms with Crippen LogP contribution in [0, 0.1) is 6.92 Å². The van der Waals surface area contributed by atoms with Crippen LogP contribution < -0.4 is 14.7 Å². The van der Waals surface area contributed by atoms with E-state index in [4.69, 9.17) is 28.5 Å². The lowest BCUT2D eigenvalue weighted by atomic mass is 9.82. The van der Waals surface area contributed by atoms with Crippen molar-refractivity contribution in [3.63, 3.8) is 0 Å².